The Hall–Kier alpha value is -3.45. The second-order valence-electron chi connectivity index (χ2n) is 5.76. The van der Waals surface area contributed by atoms with Crippen molar-refractivity contribution in [1.29, 1.82) is 0 Å². The summed E-state index contributed by atoms with van der Waals surface area (Å²) < 4.78 is 11.0. The number of ketones is 1. The van der Waals surface area contributed by atoms with Crippen molar-refractivity contribution in [3.63, 3.8) is 0 Å². The lowest BCUT2D eigenvalue weighted by Gasteiger charge is -2.11. The van der Waals surface area contributed by atoms with E-state index in [4.69, 9.17) is 9.47 Å². The van der Waals surface area contributed by atoms with E-state index in [2.05, 4.69) is 0 Å². The minimum Gasteiger partial charge on any atom is -0.496 e. The summed E-state index contributed by atoms with van der Waals surface area (Å²) in [5, 5.41) is 13.0. The van der Waals surface area contributed by atoms with Gasteiger partial charge >= 0.3 is 5.69 Å². The highest BCUT2D eigenvalue weighted by atomic mass is 32.1. The average molecular weight is 395 g/mol. The Morgan fingerprint density at radius 1 is 1.14 bits per heavy atom. The summed E-state index contributed by atoms with van der Waals surface area (Å²) in [5.41, 5.74) is 1.41. The third-order valence-electron chi connectivity index (χ3n) is 3.94. The van der Waals surface area contributed by atoms with Crippen LogP contribution < -0.4 is 9.47 Å². The van der Waals surface area contributed by atoms with Crippen LogP contribution >= 0.6 is 11.3 Å². The molecular formula is C21H17NO5S. The van der Waals surface area contributed by atoms with E-state index >= 15 is 0 Å². The summed E-state index contributed by atoms with van der Waals surface area (Å²) in [5.74, 6) is 0.715. The monoisotopic (exact) mass is 395 g/mol. The van der Waals surface area contributed by atoms with Gasteiger partial charge in [0, 0.05) is 11.6 Å². The molecular weight excluding hydrogens is 378 g/mol. The number of nitro groups is 1. The van der Waals surface area contributed by atoms with Crippen molar-refractivity contribution in [2.24, 2.45) is 0 Å². The van der Waals surface area contributed by atoms with E-state index in [1.54, 1.807) is 43.5 Å². The predicted molar refractivity (Wildman–Crippen MR) is 108 cm³/mol. The van der Waals surface area contributed by atoms with Crippen molar-refractivity contribution in [2.75, 3.05) is 7.11 Å². The maximum Gasteiger partial charge on any atom is 0.310 e. The van der Waals surface area contributed by atoms with Crippen LogP contribution in [0.15, 0.2) is 66.1 Å². The van der Waals surface area contributed by atoms with Gasteiger partial charge in [-0.3, -0.25) is 14.9 Å². The van der Waals surface area contributed by atoms with Crippen LogP contribution in [-0.4, -0.2) is 17.8 Å². The van der Waals surface area contributed by atoms with Crippen LogP contribution in [0.25, 0.3) is 6.08 Å². The summed E-state index contributed by atoms with van der Waals surface area (Å²) in [6.07, 6.45) is 3.23. The Morgan fingerprint density at radius 2 is 1.96 bits per heavy atom. The van der Waals surface area contributed by atoms with Gasteiger partial charge in [0.25, 0.3) is 0 Å². The van der Waals surface area contributed by atoms with Crippen molar-refractivity contribution in [2.45, 2.75) is 6.61 Å². The third-order valence-corrected chi connectivity index (χ3v) is 4.83. The number of nitro benzene ring substituents is 1. The number of allylic oxidation sites excluding steroid dienone is 1. The molecule has 2 aromatic carbocycles. The van der Waals surface area contributed by atoms with Gasteiger partial charge < -0.3 is 9.47 Å². The fraction of sp³-hybridized carbons (Fsp3) is 0.0952. The minimum absolute atomic E-state index is 0.0662. The van der Waals surface area contributed by atoms with Crippen molar-refractivity contribution in [3.8, 4) is 11.5 Å². The predicted octanol–water partition coefficient (Wildman–Crippen LogP) is 5.14. The molecule has 0 saturated heterocycles. The first-order valence-electron chi connectivity index (χ1n) is 8.37. The van der Waals surface area contributed by atoms with Gasteiger partial charge in [0.2, 0.25) is 0 Å². The summed E-state index contributed by atoms with van der Waals surface area (Å²) in [6, 6.07) is 15.2. The zero-order chi connectivity index (χ0) is 19.9. The number of benzene rings is 2. The molecule has 0 radical (unpaired) electrons. The number of carbonyl (C=O) groups is 1. The molecule has 0 aliphatic rings. The zero-order valence-electron chi connectivity index (χ0n) is 15.0. The second kappa shape index (κ2) is 8.96. The van der Waals surface area contributed by atoms with Gasteiger partial charge in [0.05, 0.1) is 16.9 Å². The fourth-order valence-electron chi connectivity index (χ4n) is 2.57. The Bertz CT molecular complexity index is 1010. The van der Waals surface area contributed by atoms with E-state index in [1.165, 1.54) is 23.5 Å². The van der Waals surface area contributed by atoms with Crippen molar-refractivity contribution in [1.82, 2.24) is 0 Å². The molecule has 0 fully saturated rings. The number of carbonyl (C=O) groups excluding carboxylic acids is 1. The van der Waals surface area contributed by atoms with Crippen molar-refractivity contribution in [3.05, 3.63) is 92.2 Å². The summed E-state index contributed by atoms with van der Waals surface area (Å²) in [4.78, 5) is 23.4. The van der Waals surface area contributed by atoms with E-state index in [-0.39, 0.29) is 23.8 Å². The number of methoxy groups -OCH3 is 1. The minimum atomic E-state index is -0.484. The van der Waals surface area contributed by atoms with Crippen LogP contribution in [0, 0.1) is 10.1 Å². The Labute approximate surface area is 165 Å². The highest BCUT2D eigenvalue weighted by Gasteiger charge is 2.14. The maximum absolute atomic E-state index is 12.1. The molecule has 0 unspecified atom stereocenters. The number of ether oxygens (including phenoxy) is 2. The van der Waals surface area contributed by atoms with Gasteiger partial charge in [-0.05, 0) is 41.3 Å². The first kappa shape index (κ1) is 19.3. The van der Waals surface area contributed by atoms with Gasteiger partial charge in [-0.25, -0.2) is 0 Å². The molecule has 0 aliphatic carbocycles. The number of hydrogen-bond donors (Lipinski definition) is 0. The molecule has 28 heavy (non-hydrogen) atoms. The van der Waals surface area contributed by atoms with Crippen LogP contribution in [0.3, 0.4) is 0 Å². The number of nitrogens with zero attached hydrogens (tertiary/aromatic N) is 1. The lowest BCUT2D eigenvalue weighted by molar-refractivity contribution is -0.385. The number of hydrogen-bond acceptors (Lipinski definition) is 6. The summed E-state index contributed by atoms with van der Waals surface area (Å²) >= 11 is 1.39. The largest absolute Gasteiger partial charge is 0.496 e. The highest BCUT2D eigenvalue weighted by Crippen LogP contribution is 2.28. The molecule has 3 rings (SSSR count). The van der Waals surface area contributed by atoms with Gasteiger partial charge in [-0.15, -0.1) is 11.3 Å². The quantitative estimate of drug-likeness (QED) is 0.228. The van der Waals surface area contributed by atoms with Crippen LogP contribution in [-0.2, 0) is 6.61 Å². The lowest BCUT2D eigenvalue weighted by Crippen LogP contribution is -2.01. The van der Waals surface area contributed by atoms with E-state index in [0.29, 0.717) is 16.2 Å². The van der Waals surface area contributed by atoms with Crippen LogP contribution in [0.1, 0.15) is 20.8 Å². The van der Waals surface area contributed by atoms with E-state index in [0.717, 1.165) is 5.56 Å². The van der Waals surface area contributed by atoms with Gasteiger partial charge in [-0.1, -0.05) is 30.3 Å². The van der Waals surface area contributed by atoms with E-state index < -0.39 is 4.92 Å². The number of thiophene rings is 1. The first-order chi connectivity index (χ1) is 13.6. The lowest BCUT2D eigenvalue weighted by atomic mass is 10.1. The highest BCUT2D eigenvalue weighted by molar-refractivity contribution is 7.12. The van der Waals surface area contributed by atoms with Crippen LogP contribution in [0.4, 0.5) is 5.69 Å². The van der Waals surface area contributed by atoms with E-state index in [9.17, 15) is 14.9 Å². The molecule has 0 amide bonds. The third kappa shape index (κ3) is 4.63. The summed E-state index contributed by atoms with van der Waals surface area (Å²) in [7, 11) is 1.54. The molecule has 7 heteroatoms. The van der Waals surface area contributed by atoms with E-state index in [1.807, 2.05) is 23.6 Å². The Balaban J connectivity index is 1.78. The smallest absolute Gasteiger partial charge is 0.310 e. The average Bonchev–Trinajstić information content (AvgIpc) is 3.25. The SMILES string of the molecule is COc1ccc(/C=C/C(=O)c2cccs2)cc1COc1ccccc1[N+](=O)[O-]. The van der Waals surface area contributed by atoms with Gasteiger partial charge in [0.1, 0.15) is 12.4 Å². The van der Waals surface area contributed by atoms with Crippen LogP contribution in [0.2, 0.25) is 0 Å². The Kier molecular flexibility index (Phi) is 6.18. The summed E-state index contributed by atoms with van der Waals surface area (Å²) in [6.45, 7) is 0.0918. The Morgan fingerprint density at radius 3 is 2.68 bits per heavy atom. The topological polar surface area (TPSA) is 78.7 Å². The fourth-order valence-corrected chi connectivity index (χ4v) is 3.22. The van der Waals surface area contributed by atoms with Gasteiger partial charge in [-0.2, -0.15) is 0 Å². The number of rotatable bonds is 8. The molecule has 142 valence electrons. The normalized spacial score (nSPS) is 10.8. The molecule has 0 spiro atoms. The molecule has 0 saturated carbocycles. The molecule has 0 aliphatic heterocycles. The molecule has 3 aromatic rings. The maximum atomic E-state index is 12.1. The first-order valence-corrected chi connectivity index (χ1v) is 9.25. The molecule has 6 nitrogen and oxygen atoms in total. The van der Waals surface area contributed by atoms with Gasteiger partial charge in [0.15, 0.2) is 11.5 Å². The van der Waals surface area contributed by atoms with Crippen LogP contribution in [0.5, 0.6) is 11.5 Å². The number of para-hydroxylation sites is 2. The molecule has 1 heterocycles. The molecule has 0 atom stereocenters. The zero-order valence-corrected chi connectivity index (χ0v) is 15.8. The molecule has 1 aromatic heterocycles. The molecule has 0 N–H and O–H groups in total. The van der Waals surface area contributed by atoms with Crippen molar-refractivity contribution >= 4 is 28.9 Å². The molecule has 0 bridgehead atoms. The second-order valence-corrected chi connectivity index (χ2v) is 6.71. The standard InChI is InChI=1S/C21H17NO5S/c1-26-19-11-9-15(8-10-18(23)21-7-4-12-28-21)13-16(19)14-27-20-6-3-2-5-17(20)22(24)25/h2-13H,14H2,1H3/b10-8+. The van der Waals surface area contributed by atoms with Crippen molar-refractivity contribution < 1.29 is 19.2 Å².